The van der Waals surface area contributed by atoms with Gasteiger partial charge in [-0.05, 0) is 70.4 Å². The number of aromatic amines is 1. The van der Waals surface area contributed by atoms with Gasteiger partial charge in [0.2, 0.25) is 5.91 Å². The van der Waals surface area contributed by atoms with Crippen LogP contribution in [0, 0.1) is 0 Å². The van der Waals surface area contributed by atoms with Gasteiger partial charge in [-0.2, -0.15) is 0 Å². The predicted octanol–water partition coefficient (Wildman–Crippen LogP) is 4.42. The molecule has 0 spiro atoms. The smallest absolute Gasteiger partial charge is 0.411 e. The van der Waals surface area contributed by atoms with E-state index in [1.165, 1.54) is 18.1 Å². The molecule has 230 valence electrons. The molecule has 0 fully saturated rings. The molecule has 0 saturated heterocycles. The van der Waals surface area contributed by atoms with Crippen LogP contribution in [0.25, 0.3) is 16.9 Å². The van der Waals surface area contributed by atoms with Crippen molar-refractivity contribution in [1.82, 2.24) is 40.8 Å². The fourth-order valence-electron chi connectivity index (χ4n) is 4.48. The van der Waals surface area contributed by atoms with Crippen molar-refractivity contribution in [2.75, 3.05) is 12.4 Å². The molecule has 5 rings (SSSR count). The summed E-state index contributed by atoms with van der Waals surface area (Å²) in [6.07, 6.45) is 1.08. The molecule has 0 aliphatic heterocycles. The third-order valence-corrected chi connectivity index (χ3v) is 7.14. The van der Waals surface area contributed by atoms with Gasteiger partial charge in [0.25, 0.3) is 0 Å². The number of nitrogens with two attached hydrogens (primary N) is 1. The number of benzene rings is 3. The van der Waals surface area contributed by atoms with Crippen LogP contribution in [-0.2, 0) is 17.7 Å². The first kappa shape index (κ1) is 31.0. The molecular formula is C29H26Cl2N10O4. The number of rotatable bonds is 10. The van der Waals surface area contributed by atoms with Crippen LogP contribution in [0.1, 0.15) is 33.4 Å². The van der Waals surface area contributed by atoms with Gasteiger partial charge in [0.15, 0.2) is 0 Å². The van der Waals surface area contributed by atoms with E-state index in [1.54, 1.807) is 60.7 Å². The zero-order valence-corrected chi connectivity index (χ0v) is 25.1. The molecule has 0 aliphatic rings. The highest BCUT2D eigenvalue weighted by molar-refractivity contribution is 6.32. The fourth-order valence-corrected chi connectivity index (χ4v) is 4.93. The van der Waals surface area contributed by atoms with Crippen molar-refractivity contribution in [2.45, 2.75) is 19.0 Å². The molecule has 16 heteroatoms. The number of nitrogens with zero attached hydrogens (tertiary/aromatic N) is 5. The van der Waals surface area contributed by atoms with Gasteiger partial charge in [-0.25, -0.2) is 19.3 Å². The van der Waals surface area contributed by atoms with Gasteiger partial charge >= 0.3 is 12.1 Å². The number of halogens is 2. The second-order valence-corrected chi connectivity index (χ2v) is 10.5. The molecule has 0 saturated carbocycles. The minimum atomic E-state index is -0.710. The van der Waals surface area contributed by atoms with E-state index >= 15 is 0 Å². The maximum absolute atomic E-state index is 13.3. The van der Waals surface area contributed by atoms with Crippen molar-refractivity contribution < 1.29 is 19.1 Å². The van der Waals surface area contributed by atoms with Crippen molar-refractivity contribution in [2.24, 2.45) is 5.73 Å². The molecule has 0 radical (unpaired) electrons. The van der Waals surface area contributed by atoms with Crippen molar-refractivity contribution in [3.05, 3.63) is 106 Å². The van der Waals surface area contributed by atoms with Gasteiger partial charge < -0.3 is 26.1 Å². The Morgan fingerprint density at radius 1 is 1.07 bits per heavy atom. The predicted molar refractivity (Wildman–Crippen MR) is 166 cm³/mol. The lowest BCUT2D eigenvalue weighted by molar-refractivity contribution is 0.1000. The summed E-state index contributed by atoms with van der Waals surface area (Å²) < 4.78 is 6.08. The van der Waals surface area contributed by atoms with Crippen molar-refractivity contribution in [3.63, 3.8) is 0 Å². The van der Waals surface area contributed by atoms with Crippen LogP contribution >= 0.6 is 23.2 Å². The van der Waals surface area contributed by atoms with E-state index in [0.717, 1.165) is 5.56 Å². The van der Waals surface area contributed by atoms with Crippen LogP contribution in [0.2, 0.25) is 10.2 Å². The minimum absolute atomic E-state index is 0.0988. The second kappa shape index (κ2) is 13.9. The maximum atomic E-state index is 13.3. The first-order chi connectivity index (χ1) is 21.7. The van der Waals surface area contributed by atoms with Crippen molar-refractivity contribution in [3.8, 4) is 16.9 Å². The number of H-pyrrole nitrogens is 1. The average Bonchev–Trinajstić information content (AvgIpc) is 3.70. The summed E-state index contributed by atoms with van der Waals surface area (Å²) in [4.78, 5) is 44.3. The molecule has 14 nitrogen and oxygen atoms in total. The van der Waals surface area contributed by atoms with Crippen molar-refractivity contribution in [1.29, 1.82) is 0 Å². The Morgan fingerprint density at radius 3 is 2.58 bits per heavy atom. The van der Waals surface area contributed by atoms with Crippen LogP contribution in [0.4, 0.5) is 15.3 Å². The number of anilines is 1. The number of carbonyl (C=O) groups excluding carboxylic acids is 3. The van der Waals surface area contributed by atoms with E-state index in [1.807, 2.05) is 6.07 Å². The zero-order valence-electron chi connectivity index (χ0n) is 23.6. The molecule has 5 aromatic rings. The number of hydrogen-bond donors (Lipinski definition) is 5. The molecule has 2 heterocycles. The summed E-state index contributed by atoms with van der Waals surface area (Å²) in [6, 6.07) is 17.5. The van der Waals surface area contributed by atoms with Gasteiger partial charge in [-0.3, -0.25) is 10.1 Å². The summed E-state index contributed by atoms with van der Waals surface area (Å²) in [7, 11) is 1.27. The Bertz CT molecular complexity index is 1830. The fraction of sp³-hybridized carbons (Fsp3) is 0.138. The quantitative estimate of drug-likeness (QED) is 0.147. The Kier molecular flexibility index (Phi) is 9.55. The van der Waals surface area contributed by atoms with Gasteiger partial charge in [0.05, 0.1) is 18.8 Å². The summed E-state index contributed by atoms with van der Waals surface area (Å²) in [5.41, 5.74) is 9.45. The molecule has 3 aromatic carbocycles. The van der Waals surface area contributed by atoms with E-state index in [9.17, 15) is 14.4 Å². The zero-order chi connectivity index (χ0) is 31.9. The molecule has 0 bridgehead atoms. The van der Waals surface area contributed by atoms with Crippen molar-refractivity contribution >= 4 is 46.9 Å². The lowest BCUT2D eigenvalue weighted by Crippen LogP contribution is -2.39. The molecule has 0 aliphatic carbocycles. The first-order valence-corrected chi connectivity index (χ1v) is 14.1. The topological polar surface area (TPSA) is 195 Å². The number of aromatic nitrogens is 6. The van der Waals surface area contributed by atoms with Gasteiger partial charge in [0.1, 0.15) is 23.0 Å². The number of imidazole rings is 1. The molecule has 4 amide bonds. The Labute approximate surface area is 266 Å². The maximum Gasteiger partial charge on any atom is 0.411 e. The number of amides is 4. The average molecular weight is 649 g/mol. The molecule has 6 N–H and O–H groups in total. The number of urea groups is 1. The van der Waals surface area contributed by atoms with Gasteiger partial charge in [-0.15, -0.1) is 5.10 Å². The number of primary amides is 1. The summed E-state index contributed by atoms with van der Waals surface area (Å²) in [5.74, 6) is -0.212. The third kappa shape index (κ3) is 7.74. The number of tetrazole rings is 1. The Morgan fingerprint density at radius 2 is 1.87 bits per heavy atom. The second-order valence-electron chi connectivity index (χ2n) is 9.65. The lowest BCUT2D eigenvalue weighted by Gasteiger charge is -2.18. The standard InChI is InChI=1S/C29H26Cl2N10O4/c1-45-29(44)35-21-8-5-17(6-9-21)24-25(31)38-27(37-24)22(12-16-3-2-4-18(11-16)26(32)42)36-28(43)33-14-19-13-20(30)7-10-23(19)41-15-34-39-40-41/h2-11,13,15,22H,12,14H2,1H3,(H2,32,42)(H,35,44)(H,37,38)(H2,33,36,43). The van der Waals surface area contributed by atoms with Crippen LogP contribution in [-0.4, -0.2) is 55.3 Å². The normalized spacial score (nSPS) is 11.4. The summed E-state index contributed by atoms with van der Waals surface area (Å²) in [6.45, 7) is 0.0988. The molecular weight excluding hydrogens is 623 g/mol. The van der Waals surface area contributed by atoms with Gasteiger partial charge in [-0.1, -0.05) is 47.5 Å². The van der Waals surface area contributed by atoms with E-state index in [2.05, 4.69) is 41.2 Å². The molecule has 45 heavy (non-hydrogen) atoms. The van der Waals surface area contributed by atoms with Gasteiger partial charge in [0, 0.05) is 28.4 Å². The highest BCUT2D eigenvalue weighted by Crippen LogP contribution is 2.30. The molecule has 1 atom stereocenters. The highest BCUT2D eigenvalue weighted by Gasteiger charge is 2.22. The first-order valence-electron chi connectivity index (χ1n) is 13.4. The SMILES string of the molecule is COC(=O)Nc1ccc(-c2nc(C(Cc3cccc(C(N)=O)c3)NC(=O)NCc3cc(Cl)ccc3-n3cnnn3)[nH]c2Cl)cc1. The number of carbonyl (C=O) groups is 3. The van der Waals surface area contributed by atoms with Crippen LogP contribution in [0.15, 0.2) is 73.1 Å². The van der Waals surface area contributed by atoms with E-state index in [4.69, 9.17) is 33.9 Å². The minimum Gasteiger partial charge on any atom is -0.453 e. The number of methoxy groups -OCH3 is 1. The monoisotopic (exact) mass is 648 g/mol. The Hall–Kier alpha value is -5.47. The summed E-state index contributed by atoms with van der Waals surface area (Å²) in [5, 5.41) is 20.3. The van der Waals surface area contributed by atoms with E-state index in [-0.39, 0.29) is 18.1 Å². The Balaban J connectivity index is 1.39. The molecule has 2 aromatic heterocycles. The number of hydrogen-bond acceptors (Lipinski definition) is 8. The van der Waals surface area contributed by atoms with Crippen LogP contribution in [0.3, 0.4) is 0 Å². The third-order valence-electron chi connectivity index (χ3n) is 6.63. The largest absolute Gasteiger partial charge is 0.453 e. The molecule has 1 unspecified atom stereocenters. The lowest BCUT2D eigenvalue weighted by atomic mass is 10.0. The van der Waals surface area contributed by atoms with Crippen LogP contribution in [0.5, 0.6) is 0 Å². The van der Waals surface area contributed by atoms with Crippen LogP contribution < -0.4 is 21.7 Å². The highest BCUT2D eigenvalue weighted by atomic mass is 35.5. The number of nitrogens with one attached hydrogen (secondary N) is 4. The van der Waals surface area contributed by atoms with E-state index < -0.39 is 24.1 Å². The van der Waals surface area contributed by atoms with E-state index in [0.29, 0.717) is 44.6 Å². The summed E-state index contributed by atoms with van der Waals surface area (Å²) >= 11 is 12.8. The number of ether oxygens (including phenoxy) is 1.